The lowest BCUT2D eigenvalue weighted by atomic mass is 9.76. The van der Waals surface area contributed by atoms with Crippen molar-refractivity contribution in [2.24, 2.45) is 5.92 Å². The lowest BCUT2D eigenvalue weighted by Crippen LogP contribution is -2.17. The molecule has 0 aliphatic heterocycles. The fourth-order valence-corrected chi connectivity index (χ4v) is 4.12. The Hall–Kier alpha value is -2.35. The zero-order valence-electron chi connectivity index (χ0n) is 12.3. The van der Waals surface area contributed by atoms with Gasteiger partial charge in [-0.3, -0.25) is 0 Å². The van der Waals surface area contributed by atoms with Crippen LogP contribution in [0.5, 0.6) is 0 Å². The van der Waals surface area contributed by atoms with Crippen molar-refractivity contribution in [1.29, 1.82) is 0 Å². The molecule has 2 atom stereocenters. The topological polar surface area (TPSA) is 26.0 Å². The van der Waals surface area contributed by atoms with Crippen molar-refractivity contribution in [3.05, 3.63) is 71.2 Å². The molecule has 0 fully saturated rings. The van der Waals surface area contributed by atoms with E-state index in [1.807, 2.05) is 12.1 Å². The maximum absolute atomic E-state index is 5.63. The highest BCUT2D eigenvalue weighted by Gasteiger charge is 2.32. The van der Waals surface area contributed by atoms with E-state index >= 15 is 0 Å². The summed E-state index contributed by atoms with van der Waals surface area (Å²) >= 11 is 0. The summed E-state index contributed by atoms with van der Waals surface area (Å²) in [5.41, 5.74) is 6.57. The second-order valence-electron chi connectivity index (χ2n) is 6.28. The van der Waals surface area contributed by atoms with Gasteiger partial charge in [-0.2, -0.15) is 0 Å². The summed E-state index contributed by atoms with van der Waals surface area (Å²) in [7, 11) is 0. The molecule has 0 bridgehead atoms. The fraction of sp³-hybridized carbons (Fsp3) is 0.250. The van der Waals surface area contributed by atoms with E-state index in [0.717, 1.165) is 23.6 Å². The Labute approximate surface area is 129 Å². The number of hydrogen-bond acceptors (Lipinski definition) is 2. The average Bonchev–Trinajstić information content (AvgIpc) is 3.25. The minimum Gasteiger partial charge on any atom is -0.463 e. The van der Waals surface area contributed by atoms with Gasteiger partial charge in [-0.25, -0.2) is 4.98 Å². The van der Waals surface area contributed by atoms with Gasteiger partial charge >= 0.3 is 0 Å². The van der Waals surface area contributed by atoms with Crippen molar-refractivity contribution >= 4 is 6.08 Å². The highest BCUT2D eigenvalue weighted by atomic mass is 16.3. The minimum absolute atomic E-state index is 0.454. The van der Waals surface area contributed by atoms with E-state index in [-0.39, 0.29) is 0 Å². The Bertz CT molecular complexity index is 824. The lowest BCUT2D eigenvalue weighted by molar-refractivity contribution is 0.578. The first-order valence-corrected chi connectivity index (χ1v) is 8.04. The fourth-order valence-electron chi connectivity index (χ4n) is 4.12. The molecule has 5 rings (SSSR count). The molecule has 0 N–H and O–H groups in total. The van der Waals surface area contributed by atoms with Gasteiger partial charge in [-0.1, -0.05) is 30.4 Å². The highest BCUT2D eigenvalue weighted by molar-refractivity contribution is 5.69. The maximum atomic E-state index is 5.63. The third-order valence-electron chi connectivity index (χ3n) is 5.08. The van der Waals surface area contributed by atoms with Crippen LogP contribution >= 0.6 is 0 Å². The van der Waals surface area contributed by atoms with Gasteiger partial charge in [0.1, 0.15) is 5.69 Å². The number of pyridine rings is 1. The SMILES string of the molecule is C1=C[C@@H]2C=Cc3nc(-c4ccco4)c4c(c3[C@H]2C=C1)CCC4. The van der Waals surface area contributed by atoms with Gasteiger partial charge in [0, 0.05) is 11.8 Å². The van der Waals surface area contributed by atoms with Crippen LogP contribution in [0, 0.1) is 5.92 Å². The molecule has 3 aliphatic rings. The zero-order valence-corrected chi connectivity index (χ0v) is 12.3. The van der Waals surface area contributed by atoms with E-state index in [4.69, 9.17) is 9.40 Å². The normalized spacial score (nSPS) is 24.2. The van der Waals surface area contributed by atoms with Crippen LogP contribution < -0.4 is 0 Å². The summed E-state index contributed by atoms with van der Waals surface area (Å²) in [6.45, 7) is 0. The smallest absolute Gasteiger partial charge is 0.152 e. The van der Waals surface area contributed by atoms with Crippen molar-refractivity contribution < 1.29 is 4.42 Å². The number of nitrogens with zero attached hydrogens (tertiary/aromatic N) is 1. The molecule has 2 aromatic rings. The van der Waals surface area contributed by atoms with Crippen molar-refractivity contribution in [3.63, 3.8) is 0 Å². The molecule has 0 unspecified atom stereocenters. The standard InChI is InChI=1S/C20H17NO/c1-2-6-14-13(5-1)10-11-17-19(14)15-7-3-8-16(15)20(21-17)18-9-4-12-22-18/h1-2,4-6,9-14H,3,7-8H2/t13-,14+/m1/s1. The number of allylic oxidation sites excluding steroid dienone is 5. The summed E-state index contributed by atoms with van der Waals surface area (Å²) in [5, 5.41) is 0. The Morgan fingerprint density at radius 1 is 1.05 bits per heavy atom. The van der Waals surface area contributed by atoms with E-state index in [1.54, 1.807) is 6.26 Å². The summed E-state index contributed by atoms with van der Waals surface area (Å²) in [4.78, 5) is 4.98. The van der Waals surface area contributed by atoms with Crippen LogP contribution in [-0.4, -0.2) is 4.98 Å². The lowest BCUT2D eigenvalue weighted by Gasteiger charge is -2.29. The van der Waals surface area contributed by atoms with E-state index < -0.39 is 0 Å². The highest BCUT2D eigenvalue weighted by Crippen LogP contribution is 2.44. The van der Waals surface area contributed by atoms with Crippen LogP contribution in [0.4, 0.5) is 0 Å². The van der Waals surface area contributed by atoms with Gasteiger partial charge < -0.3 is 4.42 Å². The number of hydrogen-bond donors (Lipinski definition) is 0. The molecular weight excluding hydrogens is 270 g/mol. The molecule has 0 amide bonds. The van der Waals surface area contributed by atoms with Crippen LogP contribution in [-0.2, 0) is 12.8 Å². The quantitative estimate of drug-likeness (QED) is 0.761. The molecule has 0 saturated carbocycles. The Morgan fingerprint density at radius 2 is 1.95 bits per heavy atom. The van der Waals surface area contributed by atoms with Gasteiger partial charge in [0.05, 0.1) is 12.0 Å². The molecule has 108 valence electrons. The van der Waals surface area contributed by atoms with Gasteiger partial charge in [0.25, 0.3) is 0 Å². The second-order valence-corrected chi connectivity index (χ2v) is 6.28. The Balaban J connectivity index is 1.77. The Morgan fingerprint density at radius 3 is 2.86 bits per heavy atom. The Kier molecular flexibility index (Phi) is 2.54. The summed E-state index contributed by atoms with van der Waals surface area (Å²) in [5.74, 6) is 1.84. The molecule has 22 heavy (non-hydrogen) atoms. The van der Waals surface area contributed by atoms with Crippen molar-refractivity contribution in [2.75, 3.05) is 0 Å². The first-order chi connectivity index (χ1) is 10.9. The molecule has 2 aromatic heterocycles. The van der Waals surface area contributed by atoms with Crippen molar-refractivity contribution in [1.82, 2.24) is 4.98 Å². The largest absolute Gasteiger partial charge is 0.463 e. The van der Waals surface area contributed by atoms with E-state index in [2.05, 4.69) is 36.5 Å². The van der Waals surface area contributed by atoms with Crippen molar-refractivity contribution in [2.45, 2.75) is 25.2 Å². The van der Waals surface area contributed by atoms with Crippen molar-refractivity contribution in [3.8, 4) is 11.5 Å². The summed E-state index contributed by atoms with van der Waals surface area (Å²) in [6, 6.07) is 3.96. The number of fused-ring (bicyclic) bond motifs is 5. The van der Waals surface area contributed by atoms with Crippen LogP contribution in [0.3, 0.4) is 0 Å². The minimum atomic E-state index is 0.454. The predicted octanol–water partition coefficient (Wildman–Crippen LogP) is 4.68. The van der Waals surface area contributed by atoms with Crippen LogP contribution in [0.25, 0.3) is 17.5 Å². The third kappa shape index (κ3) is 1.64. The maximum Gasteiger partial charge on any atom is 0.152 e. The number of furan rings is 1. The molecule has 2 nitrogen and oxygen atoms in total. The van der Waals surface area contributed by atoms with Crippen LogP contribution in [0.15, 0.2) is 53.2 Å². The van der Waals surface area contributed by atoms with E-state index in [0.29, 0.717) is 11.8 Å². The van der Waals surface area contributed by atoms with Crippen LogP contribution in [0.2, 0.25) is 0 Å². The summed E-state index contributed by atoms with van der Waals surface area (Å²) < 4.78 is 5.63. The monoisotopic (exact) mass is 287 g/mol. The number of aromatic nitrogens is 1. The molecule has 3 aliphatic carbocycles. The van der Waals surface area contributed by atoms with Gasteiger partial charge in [-0.05, 0) is 54.2 Å². The molecule has 0 spiro atoms. The predicted molar refractivity (Wildman–Crippen MR) is 87.5 cm³/mol. The van der Waals surface area contributed by atoms with Gasteiger partial charge in [0.2, 0.25) is 0 Å². The second kappa shape index (κ2) is 4.57. The number of rotatable bonds is 1. The van der Waals surface area contributed by atoms with Gasteiger partial charge in [0.15, 0.2) is 5.76 Å². The first-order valence-electron chi connectivity index (χ1n) is 8.04. The molecular formula is C20H17NO. The summed E-state index contributed by atoms with van der Waals surface area (Å²) in [6.07, 6.45) is 18.7. The molecule has 2 heteroatoms. The third-order valence-corrected chi connectivity index (χ3v) is 5.08. The van der Waals surface area contributed by atoms with E-state index in [9.17, 15) is 0 Å². The van der Waals surface area contributed by atoms with Crippen LogP contribution in [0.1, 0.15) is 34.7 Å². The molecule has 0 radical (unpaired) electrons. The first kappa shape index (κ1) is 12.2. The molecule has 2 heterocycles. The molecule has 0 aromatic carbocycles. The zero-order chi connectivity index (χ0) is 14.5. The average molecular weight is 287 g/mol. The van der Waals surface area contributed by atoms with Gasteiger partial charge in [-0.15, -0.1) is 0 Å². The van der Waals surface area contributed by atoms with E-state index in [1.165, 1.54) is 29.5 Å². The molecule has 0 saturated heterocycles.